The van der Waals surface area contributed by atoms with Crippen molar-refractivity contribution in [2.45, 2.75) is 25.8 Å². The van der Waals surface area contributed by atoms with Crippen molar-refractivity contribution in [3.63, 3.8) is 0 Å². The molecule has 7 heteroatoms. The van der Waals surface area contributed by atoms with Gasteiger partial charge < -0.3 is 20.1 Å². The Kier molecular flexibility index (Phi) is 9.49. The van der Waals surface area contributed by atoms with Gasteiger partial charge in [0.1, 0.15) is 12.4 Å². The number of hydrogen-bond acceptors (Lipinski definition) is 4. The number of para-hydroxylation sites is 1. The van der Waals surface area contributed by atoms with Gasteiger partial charge in [-0.2, -0.15) is 0 Å². The molecule has 1 aromatic rings. The summed E-state index contributed by atoms with van der Waals surface area (Å²) in [5.41, 5.74) is 7.25. The summed E-state index contributed by atoms with van der Waals surface area (Å²) in [5, 5.41) is 0. The van der Waals surface area contributed by atoms with Crippen LogP contribution in [0.15, 0.2) is 29.3 Å². The quantitative estimate of drug-likeness (QED) is 0.390. The van der Waals surface area contributed by atoms with E-state index in [4.69, 9.17) is 15.2 Å². The van der Waals surface area contributed by atoms with E-state index in [0.29, 0.717) is 19.1 Å². The van der Waals surface area contributed by atoms with Gasteiger partial charge in [-0.25, -0.2) is 4.99 Å². The van der Waals surface area contributed by atoms with E-state index >= 15 is 0 Å². The van der Waals surface area contributed by atoms with Crippen LogP contribution in [0.5, 0.6) is 5.75 Å². The number of rotatable bonds is 6. The second-order valence-electron chi connectivity index (χ2n) is 6.63. The molecule has 0 bridgehead atoms. The van der Waals surface area contributed by atoms with Crippen LogP contribution >= 0.6 is 24.0 Å². The molecule has 2 saturated heterocycles. The second-order valence-corrected chi connectivity index (χ2v) is 6.63. The first-order chi connectivity index (χ1) is 12.3. The van der Waals surface area contributed by atoms with E-state index in [-0.39, 0.29) is 24.0 Å². The van der Waals surface area contributed by atoms with Crippen molar-refractivity contribution in [2.75, 3.05) is 52.5 Å². The maximum Gasteiger partial charge on any atom is 0.191 e. The fourth-order valence-electron chi connectivity index (χ4n) is 3.27. The van der Waals surface area contributed by atoms with Gasteiger partial charge in [0.05, 0.1) is 19.8 Å². The third-order valence-electron chi connectivity index (χ3n) is 4.83. The highest BCUT2D eigenvalue weighted by Gasteiger charge is 2.13. The summed E-state index contributed by atoms with van der Waals surface area (Å²) in [7, 11) is 0. The van der Waals surface area contributed by atoms with E-state index in [0.717, 1.165) is 57.3 Å². The number of likely N-dealkylation sites (tertiary alicyclic amines) is 1. The van der Waals surface area contributed by atoms with E-state index in [1.807, 2.05) is 18.2 Å². The van der Waals surface area contributed by atoms with Crippen molar-refractivity contribution in [3.05, 3.63) is 29.8 Å². The zero-order valence-electron chi connectivity index (χ0n) is 15.4. The first-order valence-corrected chi connectivity index (χ1v) is 9.38. The zero-order valence-corrected chi connectivity index (χ0v) is 17.8. The van der Waals surface area contributed by atoms with E-state index in [2.05, 4.69) is 20.9 Å². The summed E-state index contributed by atoms with van der Waals surface area (Å²) in [4.78, 5) is 9.15. The van der Waals surface area contributed by atoms with Gasteiger partial charge >= 0.3 is 0 Å². The minimum Gasteiger partial charge on any atom is -0.492 e. The molecule has 0 atom stereocenters. The standard InChI is InChI=1S/C19H30N4O2.HI/c20-19(23-8-4-1-5-9-23)21-16-17-6-2-3-7-18(17)25-15-12-22-10-13-24-14-11-22;/h2-3,6-7H,1,4-5,8-16H2,(H2,20,21);1H. The fourth-order valence-corrected chi connectivity index (χ4v) is 3.27. The Morgan fingerprint density at radius 2 is 1.81 bits per heavy atom. The molecule has 0 aromatic heterocycles. The summed E-state index contributed by atoms with van der Waals surface area (Å²) in [6, 6.07) is 8.11. The zero-order chi connectivity index (χ0) is 17.3. The Morgan fingerprint density at radius 1 is 1.08 bits per heavy atom. The Hall–Kier alpha value is -1.06. The fraction of sp³-hybridized carbons (Fsp3) is 0.632. The highest BCUT2D eigenvalue weighted by atomic mass is 127. The average molecular weight is 474 g/mol. The molecular weight excluding hydrogens is 443 g/mol. The molecule has 2 fully saturated rings. The van der Waals surface area contributed by atoms with Gasteiger partial charge in [-0.1, -0.05) is 18.2 Å². The Bertz CT molecular complexity index is 558. The van der Waals surface area contributed by atoms with Crippen LogP contribution in [-0.2, 0) is 11.3 Å². The topological polar surface area (TPSA) is 63.3 Å². The first-order valence-electron chi connectivity index (χ1n) is 9.38. The molecule has 2 aliphatic rings. The molecule has 26 heavy (non-hydrogen) atoms. The SMILES string of the molecule is I.NC(=NCc1ccccc1OCCN1CCOCC1)N1CCCCC1. The number of nitrogens with zero attached hydrogens (tertiary/aromatic N) is 3. The number of morpholine rings is 1. The summed E-state index contributed by atoms with van der Waals surface area (Å²) < 4.78 is 11.4. The normalized spacial score (nSPS) is 19.1. The van der Waals surface area contributed by atoms with Gasteiger partial charge in [0.25, 0.3) is 0 Å². The van der Waals surface area contributed by atoms with Crippen LogP contribution in [0.2, 0.25) is 0 Å². The Morgan fingerprint density at radius 3 is 2.58 bits per heavy atom. The van der Waals surface area contributed by atoms with Crippen LogP contribution in [0.3, 0.4) is 0 Å². The number of benzene rings is 1. The van der Waals surface area contributed by atoms with E-state index in [1.54, 1.807) is 0 Å². The Labute approximate surface area is 173 Å². The summed E-state index contributed by atoms with van der Waals surface area (Å²) in [5.74, 6) is 1.56. The largest absolute Gasteiger partial charge is 0.492 e. The van der Waals surface area contributed by atoms with Crippen molar-refractivity contribution in [1.82, 2.24) is 9.80 Å². The molecule has 2 aliphatic heterocycles. The summed E-state index contributed by atoms with van der Waals surface area (Å²) in [6.07, 6.45) is 3.71. The van der Waals surface area contributed by atoms with Crippen molar-refractivity contribution in [3.8, 4) is 5.75 Å². The summed E-state index contributed by atoms with van der Waals surface area (Å²) >= 11 is 0. The molecule has 1 aromatic carbocycles. The van der Waals surface area contributed by atoms with Crippen molar-refractivity contribution >= 4 is 29.9 Å². The number of guanidine groups is 1. The number of ether oxygens (including phenoxy) is 2. The maximum absolute atomic E-state index is 6.16. The van der Waals surface area contributed by atoms with E-state index in [1.165, 1.54) is 19.3 Å². The van der Waals surface area contributed by atoms with Crippen molar-refractivity contribution in [2.24, 2.45) is 10.7 Å². The third kappa shape index (κ3) is 6.59. The molecule has 146 valence electrons. The highest BCUT2D eigenvalue weighted by molar-refractivity contribution is 14.0. The van der Waals surface area contributed by atoms with Crippen LogP contribution < -0.4 is 10.5 Å². The third-order valence-corrected chi connectivity index (χ3v) is 4.83. The smallest absolute Gasteiger partial charge is 0.191 e. The molecule has 6 nitrogen and oxygen atoms in total. The minimum atomic E-state index is 0. The lowest BCUT2D eigenvalue weighted by molar-refractivity contribution is 0.0322. The second kappa shape index (κ2) is 11.6. The van der Waals surface area contributed by atoms with Crippen LogP contribution in [0.4, 0.5) is 0 Å². The molecular formula is C19H31IN4O2. The Balaban J connectivity index is 0.00000243. The predicted octanol–water partition coefficient (Wildman–Crippen LogP) is 2.32. The van der Waals surface area contributed by atoms with Crippen LogP contribution in [0.1, 0.15) is 24.8 Å². The number of hydrogen-bond donors (Lipinski definition) is 1. The van der Waals surface area contributed by atoms with Gasteiger partial charge in [-0.15, -0.1) is 24.0 Å². The lowest BCUT2D eigenvalue weighted by atomic mass is 10.1. The van der Waals surface area contributed by atoms with Crippen LogP contribution in [-0.4, -0.2) is 68.3 Å². The van der Waals surface area contributed by atoms with Gasteiger partial charge in [0.15, 0.2) is 5.96 Å². The average Bonchev–Trinajstić information content (AvgIpc) is 2.68. The first kappa shape index (κ1) is 21.2. The molecule has 2 heterocycles. The molecule has 0 radical (unpaired) electrons. The lowest BCUT2D eigenvalue weighted by Crippen LogP contribution is -2.40. The molecule has 0 amide bonds. The number of nitrogens with two attached hydrogens (primary N) is 1. The highest BCUT2D eigenvalue weighted by Crippen LogP contribution is 2.19. The van der Waals surface area contributed by atoms with Crippen LogP contribution in [0.25, 0.3) is 0 Å². The number of piperidine rings is 1. The van der Waals surface area contributed by atoms with E-state index < -0.39 is 0 Å². The number of halogens is 1. The summed E-state index contributed by atoms with van der Waals surface area (Å²) in [6.45, 7) is 7.83. The van der Waals surface area contributed by atoms with Gasteiger partial charge in [0.2, 0.25) is 0 Å². The van der Waals surface area contributed by atoms with Gasteiger partial charge in [0, 0.05) is 38.3 Å². The number of aliphatic imine (C=N–C) groups is 1. The molecule has 0 saturated carbocycles. The lowest BCUT2D eigenvalue weighted by Gasteiger charge is -2.27. The predicted molar refractivity (Wildman–Crippen MR) is 115 cm³/mol. The van der Waals surface area contributed by atoms with Crippen molar-refractivity contribution < 1.29 is 9.47 Å². The maximum atomic E-state index is 6.16. The van der Waals surface area contributed by atoms with Crippen molar-refractivity contribution in [1.29, 1.82) is 0 Å². The molecule has 0 spiro atoms. The molecule has 0 aliphatic carbocycles. The monoisotopic (exact) mass is 474 g/mol. The van der Waals surface area contributed by atoms with Gasteiger partial charge in [-0.05, 0) is 25.3 Å². The molecule has 2 N–H and O–H groups in total. The minimum absolute atomic E-state index is 0. The van der Waals surface area contributed by atoms with Crippen LogP contribution in [0, 0.1) is 0 Å². The molecule has 0 unspecified atom stereocenters. The van der Waals surface area contributed by atoms with E-state index in [9.17, 15) is 0 Å². The molecule has 3 rings (SSSR count). The van der Waals surface area contributed by atoms with Gasteiger partial charge in [-0.3, -0.25) is 4.90 Å².